The molecule has 20 heavy (non-hydrogen) atoms. The molecule has 2 aromatic rings. The molecule has 2 aromatic carbocycles. The number of rotatable bonds is 4. The average Bonchev–Trinajstić information content (AvgIpc) is 2.38. The van der Waals surface area contributed by atoms with Crippen molar-refractivity contribution in [3.8, 4) is 0 Å². The Labute approximate surface area is 127 Å². The van der Waals surface area contributed by atoms with E-state index in [0.29, 0.717) is 10.7 Å². The Morgan fingerprint density at radius 2 is 1.95 bits per heavy atom. The largest absolute Gasteiger partial charge is 0.389 e. The maximum atomic E-state index is 13.8. The number of nitrogens with one attached hydrogen (secondary N) is 1. The van der Waals surface area contributed by atoms with Gasteiger partial charge in [0.15, 0.2) is 0 Å². The summed E-state index contributed by atoms with van der Waals surface area (Å²) in [5, 5.41) is 3.85. The highest BCUT2D eigenvalue weighted by molar-refractivity contribution is 7.80. The zero-order chi connectivity index (χ0) is 14.7. The molecule has 0 spiro atoms. The van der Waals surface area contributed by atoms with Gasteiger partial charge in [-0.05, 0) is 30.7 Å². The highest BCUT2D eigenvalue weighted by atomic mass is 35.5. The highest BCUT2D eigenvalue weighted by Gasteiger charge is 2.15. The van der Waals surface area contributed by atoms with Crippen LogP contribution in [0.1, 0.15) is 24.1 Å². The topological polar surface area (TPSA) is 38.0 Å². The second-order valence-electron chi connectivity index (χ2n) is 4.41. The summed E-state index contributed by atoms with van der Waals surface area (Å²) in [7, 11) is 0. The van der Waals surface area contributed by atoms with Crippen molar-refractivity contribution in [1.82, 2.24) is 0 Å². The normalized spacial score (nSPS) is 11.9. The van der Waals surface area contributed by atoms with E-state index in [9.17, 15) is 4.39 Å². The minimum absolute atomic E-state index is 0.0250. The van der Waals surface area contributed by atoms with Gasteiger partial charge in [0, 0.05) is 10.7 Å². The molecule has 0 aliphatic heterocycles. The van der Waals surface area contributed by atoms with Gasteiger partial charge < -0.3 is 11.1 Å². The molecule has 0 saturated heterocycles. The van der Waals surface area contributed by atoms with Gasteiger partial charge in [0.25, 0.3) is 0 Å². The number of thiocarbonyl (C=S) groups is 1. The van der Waals surface area contributed by atoms with Crippen LogP contribution in [-0.4, -0.2) is 4.99 Å². The van der Waals surface area contributed by atoms with Gasteiger partial charge in [0.1, 0.15) is 10.8 Å². The van der Waals surface area contributed by atoms with Gasteiger partial charge in [-0.15, -0.1) is 0 Å². The molecule has 1 unspecified atom stereocenters. The summed E-state index contributed by atoms with van der Waals surface area (Å²) < 4.78 is 13.8. The van der Waals surface area contributed by atoms with Crippen LogP contribution in [0, 0.1) is 5.82 Å². The van der Waals surface area contributed by atoms with Crippen molar-refractivity contribution < 1.29 is 4.39 Å². The fourth-order valence-electron chi connectivity index (χ4n) is 2.03. The standard InChI is InChI=1S/C15H14ClFN2S/c1-9(10-5-2-3-6-11(10)16)19-13-8-4-7-12(17)14(13)15(18)20/h2-9,19H,1H3,(H2,18,20). The molecule has 0 heterocycles. The van der Waals surface area contributed by atoms with E-state index in [4.69, 9.17) is 29.6 Å². The van der Waals surface area contributed by atoms with E-state index < -0.39 is 5.82 Å². The molecule has 104 valence electrons. The Morgan fingerprint density at radius 1 is 1.25 bits per heavy atom. The lowest BCUT2D eigenvalue weighted by Crippen LogP contribution is -2.17. The fourth-order valence-corrected chi connectivity index (χ4v) is 2.54. The molecule has 0 aliphatic carbocycles. The zero-order valence-electron chi connectivity index (χ0n) is 10.9. The smallest absolute Gasteiger partial charge is 0.135 e. The molecule has 2 rings (SSSR count). The highest BCUT2D eigenvalue weighted by Crippen LogP contribution is 2.28. The number of benzene rings is 2. The first-order valence-corrected chi connectivity index (χ1v) is 6.88. The fraction of sp³-hybridized carbons (Fsp3) is 0.133. The van der Waals surface area contributed by atoms with E-state index in [2.05, 4.69) is 5.32 Å². The predicted octanol–water partition coefficient (Wildman–Crippen LogP) is 4.29. The Kier molecular flexibility index (Phi) is 4.57. The van der Waals surface area contributed by atoms with Crippen molar-refractivity contribution >= 4 is 34.5 Å². The summed E-state index contributed by atoms with van der Waals surface area (Å²) in [6, 6.07) is 12.1. The summed E-state index contributed by atoms with van der Waals surface area (Å²) in [6.07, 6.45) is 0. The van der Waals surface area contributed by atoms with Crippen LogP contribution in [0.3, 0.4) is 0 Å². The van der Waals surface area contributed by atoms with E-state index in [1.807, 2.05) is 31.2 Å². The van der Waals surface area contributed by atoms with Gasteiger partial charge in [0.05, 0.1) is 11.6 Å². The Bertz CT molecular complexity index is 646. The van der Waals surface area contributed by atoms with Crippen molar-refractivity contribution in [2.75, 3.05) is 5.32 Å². The molecule has 2 nitrogen and oxygen atoms in total. The third-order valence-electron chi connectivity index (χ3n) is 3.00. The molecule has 0 fully saturated rings. The van der Waals surface area contributed by atoms with Gasteiger partial charge in [-0.2, -0.15) is 0 Å². The molecule has 3 N–H and O–H groups in total. The first-order valence-electron chi connectivity index (χ1n) is 6.10. The average molecular weight is 309 g/mol. The molecule has 0 amide bonds. The van der Waals surface area contributed by atoms with Gasteiger partial charge in [-0.3, -0.25) is 0 Å². The minimum atomic E-state index is -0.436. The molecule has 1 atom stereocenters. The summed E-state index contributed by atoms with van der Waals surface area (Å²) >= 11 is 11.1. The Hall–Kier alpha value is -1.65. The lowest BCUT2D eigenvalue weighted by atomic mass is 10.1. The SMILES string of the molecule is CC(Nc1cccc(F)c1C(N)=S)c1ccccc1Cl. The van der Waals surface area contributed by atoms with Crippen molar-refractivity contribution in [2.24, 2.45) is 5.73 Å². The number of hydrogen-bond acceptors (Lipinski definition) is 2. The van der Waals surface area contributed by atoms with Gasteiger partial charge in [-0.1, -0.05) is 48.1 Å². The number of hydrogen-bond donors (Lipinski definition) is 2. The number of nitrogens with two attached hydrogens (primary N) is 1. The van der Waals surface area contributed by atoms with E-state index >= 15 is 0 Å². The van der Waals surface area contributed by atoms with Crippen LogP contribution in [0.25, 0.3) is 0 Å². The summed E-state index contributed by atoms with van der Waals surface area (Å²) in [5.41, 5.74) is 7.29. The van der Waals surface area contributed by atoms with Gasteiger partial charge >= 0.3 is 0 Å². The second-order valence-corrected chi connectivity index (χ2v) is 5.26. The van der Waals surface area contributed by atoms with Crippen LogP contribution >= 0.6 is 23.8 Å². The lowest BCUT2D eigenvalue weighted by Gasteiger charge is -2.19. The third-order valence-corrected chi connectivity index (χ3v) is 3.55. The molecular weight excluding hydrogens is 295 g/mol. The molecular formula is C15H14ClFN2S. The molecule has 0 bridgehead atoms. The van der Waals surface area contributed by atoms with Crippen LogP contribution < -0.4 is 11.1 Å². The zero-order valence-corrected chi connectivity index (χ0v) is 12.4. The van der Waals surface area contributed by atoms with Crippen molar-refractivity contribution in [2.45, 2.75) is 13.0 Å². The summed E-state index contributed by atoms with van der Waals surface area (Å²) in [4.78, 5) is 0.0250. The van der Waals surface area contributed by atoms with Crippen LogP contribution in [0.15, 0.2) is 42.5 Å². The number of anilines is 1. The van der Waals surface area contributed by atoms with Crippen molar-refractivity contribution in [3.05, 3.63) is 64.4 Å². The number of halogens is 2. The third kappa shape index (κ3) is 3.08. The maximum absolute atomic E-state index is 13.8. The first kappa shape index (κ1) is 14.8. The lowest BCUT2D eigenvalue weighted by molar-refractivity contribution is 0.625. The minimum Gasteiger partial charge on any atom is -0.389 e. The molecule has 0 aliphatic rings. The predicted molar refractivity (Wildman–Crippen MR) is 85.8 cm³/mol. The van der Waals surface area contributed by atoms with Crippen LogP contribution in [0.4, 0.5) is 10.1 Å². The van der Waals surface area contributed by atoms with E-state index in [-0.39, 0.29) is 16.6 Å². The first-order chi connectivity index (χ1) is 9.50. The van der Waals surface area contributed by atoms with E-state index in [1.165, 1.54) is 6.07 Å². The Balaban J connectivity index is 2.33. The summed E-state index contributed by atoms with van der Waals surface area (Å²) in [5.74, 6) is -0.436. The van der Waals surface area contributed by atoms with Gasteiger partial charge in [-0.25, -0.2) is 4.39 Å². The van der Waals surface area contributed by atoms with E-state index in [1.54, 1.807) is 12.1 Å². The monoisotopic (exact) mass is 308 g/mol. The summed E-state index contributed by atoms with van der Waals surface area (Å²) in [6.45, 7) is 1.94. The van der Waals surface area contributed by atoms with Crippen LogP contribution in [0.5, 0.6) is 0 Å². The van der Waals surface area contributed by atoms with Crippen LogP contribution in [0.2, 0.25) is 5.02 Å². The quantitative estimate of drug-likeness (QED) is 0.828. The molecule has 5 heteroatoms. The molecule has 0 radical (unpaired) electrons. The maximum Gasteiger partial charge on any atom is 0.135 e. The van der Waals surface area contributed by atoms with Crippen molar-refractivity contribution in [3.63, 3.8) is 0 Å². The Morgan fingerprint density at radius 3 is 2.60 bits per heavy atom. The second kappa shape index (κ2) is 6.20. The molecule has 0 aromatic heterocycles. The molecule has 0 saturated carbocycles. The van der Waals surface area contributed by atoms with Crippen LogP contribution in [-0.2, 0) is 0 Å². The van der Waals surface area contributed by atoms with Gasteiger partial charge in [0.2, 0.25) is 0 Å². The van der Waals surface area contributed by atoms with E-state index in [0.717, 1.165) is 5.56 Å². The van der Waals surface area contributed by atoms with Crippen molar-refractivity contribution in [1.29, 1.82) is 0 Å².